The first-order valence-electron chi connectivity index (χ1n) is 7.07. The molecule has 0 saturated carbocycles. The van der Waals surface area contributed by atoms with Crippen LogP contribution in [0.3, 0.4) is 0 Å². The molecule has 0 fully saturated rings. The van der Waals surface area contributed by atoms with Gasteiger partial charge in [-0.05, 0) is 29.3 Å². The number of hydrogen-bond acceptors (Lipinski definition) is 2. The molecule has 0 saturated heterocycles. The van der Waals surface area contributed by atoms with Gasteiger partial charge in [0.15, 0.2) is 0 Å². The summed E-state index contributed by atoms with van der Waals surface area (Å²) in [5, 5.41) is 5.21. The number of benzene rings is 2. The summed E-state index contributed by atoms with van der Waals surface area (Å²) in [6.45, 7) is 2.02. The number of imidazole rings is 1. The molecule has 4 heteroatoms. The number of aromatic nitrogens is 2. The van der Waals surface area contributed by atoms with Crippen molar-refractivity contribution >= 4 is 16.7 Å². The number of carbonyl (C=O) groups excluding carboxylic acids is 1. The van der Waals surface area contributed by atoms with Gasteiger partial charge in [0.2, 0.25) is 0 Å². The zero-order valence-corrected chi connectivity index (χ0v) is 11.8. The van der Waals surface area contributed by atoms with Gasteiger partial charge in [-0.2, -0.15) is 0 Å². The summed E-state index contributed by atoms with van der Waals surface area (Å²) in [6, 6.07) is 13.7. The average molecular weight is 279 g/mol. The predicted octanol–water partition coefficient (Wildman–Crippen LogP) is 3.44. The van der Waals surface area contributed by atoms with Crippen LogP contribution >= 0.6 is 0 Å². The van der Waals surface area contributed by atoms with Crippen molar-refractivity contribution in [1.29, 1.82) is 0 Å². The molecule has 1 atom stereocenters. The van der Waals surface area contributed by atoms with Crippen LogP contribution in [0.5, 0.6) is 0 Å². The van der Waals surface area contributed by atoms with E-state index in [0.717, 1.165) is 23.0 Å². The Bertz CT molecular complexity index is 750. The molecule has 2 N–H and O–H groups in total. The second kappa shape index (κ2) is 5.79. The molecule has 1 amide bonds. The molecular formula is C17H17N3O. The van der Waals surface area contributed by atoms with Gasteiger partial charge in [-0.1, -0.05) is 37.3 Å². The summed E-state index contributed by atoms with van der Waals surface area (Å²) in [7, 11) is 0. The molecule has 2 aromatic carbocycles. The van der Waals surface area contributed by atoms with Gasteiger partial charge in [0.05, 0.1) is 6.04 Å². The second-order valence-electron chi connectivity index (χ2n) is 4.97. The molecule has 0 bridgehead atoms. The van der Waals surface area contributed by atoms with E-state index < -0.39 is 0 Å². The molecule has 1 unspecified atom stereocenters. The van der Waals surface area contributed by atoms with Gasteiger partial charge < -0.3 is 10.3 Å². The first-order valence-corrected chi connectivity index (χ1v) is 7.07. The fourth-order valence-corrected chi connectivity index (χ4v) is 2.40. The fourth-order valence-electron chi connectivity index (χ4n) is 2.40. The topological polar surface area (TPSA) is 57.8 Å². The van der Waals surface area contributed by atoms with Gasteiger partial charge in [0.1, 0.15) is 5.82 Å². The lowest BCUT2D eigenvalue weighted by atomic mass is 10.1. The van der Waals surface area contributed by atoms with Gasteiger partial charge in [-0.25, -0.2) is 4.98 Å². The third kappa shape index (κ3) is 2.79. The molecule has 0 radical (unpaired) electrons. The van der Waals surface area contributed by atoms with Crippen molar-refractivity contribution in [2.75, 3.05) is 0 Å². The van der Waals surface area contributed by atoms with E-state index in [4.69, 9.17) is 0 Å². The van der Waals surface area contributed by atoms with Crippen molar-refractivity contribution < 1.29 is 4.79 Å². The highest BCUT2D eigenvalue weighted by Gasteiger charge is 2.16. The van der Waals surface area contributed by atoms with Crippen molar-refractivity contribution in [2.24, 2.45) is 0 Å². The largest absolute Gasteiger partial charge is 0.347 e. The number of nitrogens with zero attached hydrogens (tertiary/aromatic N) is 1. The van der Waals surface area contributed by atoms with E-state index in [2.05, 4.69) is 15.3 Å². The normalized spacial score (nSPS) is 12.2. The monoisotopic (exact) mass is 279 g/mol. The lowest BCUT2D eigenvalue weighted by Crippen LogP contribution is -2.28. The Morgan fingerprint density at radius 3 is 2.76 bits per heavy atom. The van der Waals surface area contributed by atoms with Crippen LogP contribution < -0.4 is 5.32 Å². The summed E-state index contributed by atoms with van der Waals surface area (Å²) >= 11 is 0. The Labute approximate surface area is 123 Å². The molecule has 0 aliphatic rings. The van der Waals surface area contributed by atoms with Crippen LogP contribution in [-0.2, 0) is 0 Å². The number of fused-ring (bicyclic) bond motifs is 1. The van der Waals surface area contributed by atoms with Crippen molar-refractivity contribution in [3.63, 3.8) is 0 Å². The molecular weight excluding hydrogens is 262 g/mol. The molecule has 0 spiro atoms. The van der Waals surface area contributed by atoms with Gasteiger partial charge in [0.25, 0.3) is 5.91 Å². The SMILES string of the molecule is CCC(NC(=O)c1ccc2ccccc2c1)c1ncc[nH]1. The minimum absolute atomic E-state index is 0.0796. The minimum Gasteiger partial charge on any atom is -0.347 e. The van der Waals surface area contributed by atoms with Crippen molar-refractivity contribution in [3.8, 4) is 0 Å². The van der Waals surface area contributed by atoms with Crippen LogP contribution in [0.4, 0.5) is 0 Å². The van der Waals surface area contributed by atoms with E-state index in [0.29, 0.717) is 5.56 Å². The zero-order valence-electron chi connectivity index (χ0n) is 11.8. The number of carbonyl (C=O) groups is 1. The van der Waals surface area contributed by atoms with Crippen LogP contribution in [0.15, 0.2) is 54.9 Å². The highest BCUT2D eigenvalue weighted by atomic mass is 16.1. The van der Waals surface area contributed by atoms with Gasteiger partial charge in [-0.3, -0.25) is 4.79 Å². The van der Waals surface area contributed by atoms with Gasteiger partial charge in [-0.15, -0.1) is 0 Å². The Hall–Kier alpha value is -2.62. The summed E-state index contributed by atoms with van der Waals surface area (Å²) in [5.41, 5.74) is 0.665. The van der Waals surface area contributed by atoms with Crippen LogP contribution in [-0.4, -0.2) is 15.9 Å². The standard InChI is InChI=1S/C17H17N3O/c1-2-15(16-18-9-10-19-16)20-17(21)14-8-7-12-5-3-4-6-13(12)11-14/h3-11,15H,2H2,1H3,(H,18,19)(H,20,21). The summed E-state index contributed by atoms with van der Waals surface area (Å²) in [6.07, 6.45) is 4.24. The van der Waals surface area contributed by atoms with Gasteiger partial charge >= 0.3 is 0 Å². The predicted molar refractivity (Wildman–Crippen MR) is 83.0 cm³/mol. The number of H-pyrrole nitrogens is 1. The lowest BCUT2D eigenvalue weighted by Gasteiger charge is -2.15. The minimum atomic E-state index is -0.0982. The van der Waals surface area contributed by atoms with Crippen LogP contribution in [0.2, 0.25) is 0 Å². The maximum absolute atomic E-state index is 12.4. The molecule has 3 rings (SSSR count). The number of aromatic amines is 1. The Morgan fingerprint density at radius 1 is 1.24 bits per heavy atom. The van der Waals surface area contributed by atoms with E-state index in [1.165, 1.54) is 0 Å². The number of hydrogen-bond donors (Lipinski definition) is 2. The Kier molecular flexibility index (Phi) is 3.69. The lowest BCUT2D eigenvalue weighted by molar-refractivity contribution is 0.0934. The van der Waals surface area contributed by atoms with Crippen LogP contribution in [0.25, 0.3) is 10.8 Å². The molecule has 0 aliphatic heterocycles. The van der Waals surface area contributed by atoms with E-state index in [1.54, 1.807) is 12.4 Å². The maximum atomic E-state index is 12.4. The summed E-state index contributed by atoms with van der Waals surface area (Å²) in [5.74, 6) is 0.704. The zero-order chi connectivity index (χ0) is 14.7. The number of nitrogens with one attached hydrogen (secondary N) is 2. The smallest absolute Gasteiger partial charge is 0.251 e. The van der Waals surface area contributed by atoms with E-state index in [1.807, 2.05) is 49.4 Å². The first kappa shape index (κ1) is 13.4. The second-order valence-corrected chi connectivity index (χ2v) is 4.97. The van der Waals surface area contributed by atoms with Gasteiger partial charge in [0, 0.05) is 18.0 Å². The maximum Gasteiger partial charge on any atom is 0.251 e. The third-order valence-corrected chi connectivity index (χ3v) is 3.57. The first-order chi connectivity index (χ1) is 10.3. The fraction of sp³-hybridized carbons (Fsp3) is 0.176. The molecule has 4 nitrogen and oxygen atoms in total. The summed E-state index contributed by atoms with van der Waals surface area (Å²) < 4.78 is 0. The molecule has 1 heterocycles. The Morgan fingerprint density at radius 2 is 2.05 bits per heavy atom. The van der Waals surface area contributed by atoms with Crippen LogP contribution in [0, 0.1) is 0 Å². The average Bonchev–Trinajstić information content (AvgIpc) is 3.06. The number of rotatable bonds is 4. The van der Waals surface area contributed by atoms with E-state index in [9.17, 15) is 4.79 Å². The summed E-state index contributed by atoms with van der Waals surface area (Å²) in [4.78, 5) is 19.7. The van der Waals surface area contributed by atoms with E-state index in [-0.39, 0.29) is 11.9 Å². The van der Waals surface area contributed by atoms with Crippen molar-refractivity contribution in [3.05, 3.63) is 66.2 Å². The molecule has 0 aliphatic carbocycles. The van der Waals surface area contributed by atoms with Crippen molar-refractivity contribution in [2.45, 2.75) is 19.4 Å². The Balaban J connectivity index is 1.83. The number of amides is 1. The highest BCUT2D eigenvalue weighted by Crippen LogP contribution is 2.17. The molecule has 21 heavy (non-hydrogen) atoms. The van der Waals surface area contributed by atoms with E-state index >= 15 is 0 Å². The van der Waals surface area contributed by atoms with Crippen molar-refractivity contribution in [1.82, 2.24) is 15.3 Å². The molecule has 106 valence electrons. The molecule has 3 aromatic rings. The quantitative estimate of drug-likeness (QED) is 0.768. The third-order valence-electron chi connectivity index (χ3n) is 3.57. The van der Waals surface area contributed by atoms with Crippen LogP contribution in [0.1, 0.15) is 35.6 Å². The highest BCUT2D eigenvalue weighted by molar-refractivity contribution is 5.98. The molecule has 1 aromatic heterocycles.